The maximum Gasteiger partial charge on any atom is 0.255 e. The lowest BCUT2D eigenvalue weighted by atomic mass is 9.75. The lowest BCUT2D eigenvalue weighted by Gasteiger charge is -2.34. The second-order valence-corrected chi connectivity index (χ2v) is 7.35. The van der Waals surface area contributed by atoms with Crippen LogP contribution in [0.2, 0.25) is 0 Å². The van der Waals surface area contributed by atoms with Crippen LogP contribution < -0.4 is 10.6 Å². The van der Waals surface area contributed by atoms with Crippen molar-refractivity contribution in [1.82, 2.24) is 10.3 Å². The number of nitrogens with one attached hydrogen (secondary N) is 2. The zero-order chi connectivity index (χ0) is 19.7. The highest BCUT2D eigenvalue weighted by atomic mass is 16.2. The van der Waals surface area contributed by atoms with Crippen molar-refractivity contribution in [2.75, 3.05) is 5.32 Å². The van der Waals surface area contributed by atoms with Crippen LogP contribution in [0, 0.1) is 6.92 Å². The highest BCUT2D eigenvalue weighted by Crippen LogP contribution is 2.42. The summed E-state index contributed by atoms with van der Waals surface area (Å²) in [6, 6.07) is 13.5. The molecule has 1 amide bonds. The van der Waals surface area contributed by atoms with E-state index in [1.54, 1.807) is 12.3 Å². The van der Waals surface area contributed by atoms with Crippen LogP contribution in [-0.4, -0.2) is 16.7 Å². The Kier molecular flexibility index (Phi) is 4.82. The van der Waals surface area contributed by atoms with Crippen LogP contribution in [0.4, 0.5) is 5.82 Å². The fourth-order valence-electron chi connectivity index (χ4n) is 3.99. The van der Waals surface area contributed by atoms with Gasteiger partial charge in [0.25, 0.3) is 5.91 Å². The third kappa shape index (κ3) is 3.36. The second kappa shape index (κ2) is 7.43. The number of aromatic nitrogens is 1. The van der Waals surface area contributed by atoms with Gasteiger partial charge in [0.05, 0.1) is 0 Å². The summed E-state index contributed by atoms with van der Waals surface area (Å²) in [5.41, 5.74) is 5.01. The number of dihydropyridines is 1. The van der Waals surface area contributed by atoms with Gasteiger partial charge in [-0.1, -0.05) is 36.4 Å². The maximum atomic E-state index is 13.2. The molecule has 0 saturated carbocycles. The molecule has 1 aliphatic heterocycles. The number of allylic oxidation sites excluding steroid dienone is 3. The van der Waals surface area contributed by atoms with Crippen LogP contribution in [0.1, 0.15) is 43.2 Å². The van der Waals surface area contributed by atoms with Crippen molar-refractivity contribution in [2.45, 2.75) is 39.0 Å². The van der Waals surface area contributed by atoms with E-state index in [0.29, 0.717) is 17.8 Å². The lowest BCUT2D eigenvalue weighted by Crippen LogP contribution is -2.35. The minimum atomic E-state index is -0.365. The number of benzene rings is 1. The first-order valence-electron chi connectivity index (χ1n) is 9.57. The molecule has 2 aromatic rings. The van der Waals surface area contributed by atoms with Crippen molar-refractivity contribution in [3.8, 4) is 0 Å². The van der Waals surface area contributed by atoms with Gasteiger partial charge in [-0.2, -0.15) is 0 Å². The topological polar surface area (TPSA) is 71.1 Å². The van der Waals surface area contributed by atoms with E-state index in [4.69, 9.17) is 0 Å². The molecule has 5 nitrogen and oxygen atoms in total. The molecule has 5 heteroatoms. The van der Waals surface area contributed by atoms with Gasteiger partial charge in [-0.15, -0.1) is 0 Å². The number of Topliss-reactive ketones (excluding diaryl/α,β-unsaturated/α-hetero) is 1. The Hall–Kier alpha value is -3.21. The first-order chi connectivity index (χ1) is 13.5. The summed E-state index contributed by atoms with van der Waals surface area (Å²) in [6.45, 7) is 3.85. The second-order valence-electron chi connectivity index (χ2n) is 7.35. The molecule has 142 valence electrons. The number of nitrogens with zero attached hydrogens (tertiary/aromatic N) is 1. The Morgan fingerprint density at radius 3 is 2.61 bits per heavy atom. The summed E-state index contributed by atoms with van der Waals surface area (Å²) in [5.74, 6) is 0.0159. The van der Waals surface area contributed by atoms with Crippen LogP contribution in [0.5, 0.6) is 0 Å². The van der Waals surface area contributed by atoms with Gasteiger partial charge in [-0.25, -0.2) is 4.98 Å². The average Bonchev–Trinajstić information content (AvgIpc) is 2.69. The van der Waals surface area contributed by atoms with E-state index in [-0.39, 0.29) is 17.6 Å². The van der Waals surface area contributed by atoms with Crippen molar-refractivity contribution < 1.29 is 9.59 Å². The predicted molar refractivity (Wildman–Crippen MR) is 109 cm³/mol. The van der Waals surface area contributed by atoms with Gasteiger partial charge < -0.3 is 10.6 Å². The molecule has 4 rings (SSSR count). The number of rotatable bonds is 3. The predicted octanol–water partition coefficient (Wildman–Crippen LogP) is 4.00. The zero-order valence-electron chi connectivity index (χ0n) is 16.1. The van der Waals surface area contributed by atoms with Crippen molar-refractivity contribution in [2.24, 2.45) is 0 Å². The standard InChI is InChI=1S/C23H23N3O2/c1-14-11-12-19(24-13-14)26-23(28)20-15(2)25-17-9-6-10-18(27)22(17)21(20)16-7-4-3-5-8-16/h3-5,7-8,11-13,21,25H,6,9-10H2,1-2H3,(H,24,26,28)/t21-/m1/s1. The van der Waals surface area contributed by atoms with Crippen molar-refractivity contribution in [3.05, 3.63) is 82.3 Å². The number of hydrogen-bond donors (Lipinski definition) is 2. The highest BCUT2D eigenvalue weighted by Gasteiger charge is 2.38. The number of hydrogen-bond acceptors (Lipinski definition) is 4. The molecule has 0 bridgehead atoms. The summed E-state index contributed by atoms with van der Waals surface area (Å²) < 4.78 is 0. The number of carbonyl (C=O) groups excluding carboxylic acids is 2. The molecule has 1 atom stereocenters. The molecule has 1 aromatic heterocycles. The van der Waals surface area contributed by atoms with E-state index in [2.05, 4.69) is 15.6 Å². The van der Waals surface area contributed by atoms with Crippen LogP contribution in [-0.2, 0) is 9.59 Å². The normalized spacial score (nSPS) is 19.2. The first-order valence-corrected chi connectivity index (χ1v) is 9.57. The van der Waals surface area contributed by atoms with Crippen molar-refractivity contribution in [3.63, 3.8) is 0 Å². The third-order valence-corrected chi connectivity index (χ3v) is 5.31. The maximum absolute atomic E-state index is 13.2. The highest BCUT2D eigenvalue weighted by molar-refractivity contribution is 6.09. The van der Waals surface area contributed by atoms with E-state index >= 15 is 0 Å². The van der Waals surface area contributed by atoms with Gasteiger partial charge in [0, 0.05) is 41.1 Å². The van der Waals surface area contributed by atoms with Crippen LogP contribution in [0.3, 0.4) is 0 Å². The van der Waals surface area contributed by atoms with Crippen LogP contribution >= 0.6 is 0 Å². The molecule has 0 radical (unpaired) electrons. The Balaban J connectivity index is 1.76. The molecule has 2 aliphatic rings. The molecule has 0 unspecified atom stereocenters. The van der Waals surface area contributed by atoms with Gasteiger partial charge >= 0.3 is 0 Å². The van der Waals surface area contributed by atoms with Gasteiger partial charge in [-0.3, -0.25) is 9.59 Å². The van der Waals surface area contributed by atoms with Crippen molar-refractivity contribution in [1.29, 1.82) is 0 Å². The molecule has 0 saturated heterocycles. The fourth-order valence-corrected chi connectivity index (χ4v) is 3.99. The number of amides is 1. The largest absolute Gasteiger partial charge is 0.362 e. The minimum Gasteiger partial charge on any atom is -0.362 e. The lowest BCUT2D eigenvalue weighted by molar-refractivity contribution is -0.116. The Morgan fingerprint density at radius 2 is 1.89 bits per heavy atom. The van der Waals surface area contributed by atoms with Crippen LogP contribution in [0.15, 0.2) is 71.2 Å². The van der Waals surface area contributed by atoms with Crippen molar-refractivity contribution >= 4 is 17.5 Å². The van der Waals surface area contributed by atoms with Gasteiger partial charge in [0.15, 0.2) is 5.78 Å². The summed E-state index contributed by atoms with van der Waals surface area (Å²) in [6.07, 6.45) is 3.91. The SMILES string of the molecule is CC1=C(C(=O)Nc2ccc(C)cn2)[C@@H](c2ccccc2)C2=C(CCCC2=O)N1. The molecule has 28 heavy (non-hydrogen) atoms. The van der Waals surface area contributed by atoms with E-state index < -0.39 is 0 Å². The molecular weight excluding hydrogens is 350 g/mol. The Morgan fingerprint density at radius 1 is 1.11 bits per heavy atom. The molecule has 0 spiro atoms. The quantitative estimate of drug-likeness (QED) is 0.853. The molecule has 1 aromatic carbocycles. The van der Waals surface area contributed by atoms with Gasteiger partial charge in [0.1, 0.15) is 5.82 Å². The number of ketones is 1. The Labute approximate surface area is 164 Å². The fraction of sp³-hybridized carbons (Fsp3) is 0.261. The Bertz CT molecular complexity index is 988. The number of aryl methyl sites for hydroxylation is 1. The molecule has 2 N–H and O–H groups in total. The molecule has 2 heterocycles. The van der Waals surface area contributed by atoms with Gasteiger partial charge in [0.2, 0.25) is 0 Å². The molecular formula is C23H23N3O2. The van der Waals surface area contributed by atoms with E-state index in [1.165, 1.54) is 0 Å². The van der Waals surface area contributed by atoms with E-state index in [0.717, 1.165) is 40.9 Å². The first kappa shape index (κ1) is 18.2. The summed E-state index contributed by atoms with van der Waals surface area (Å²) in [5, 5.41) is 6.23. The number of anilines is 1. The summed E-state index contributed by atoms with van der Waals surface area (Å²) >= 11 is 0. The average molecular weight is 373 g/mol. The summed E-state index contributed by atoms with van der Waals surface area (Å²) in [7, 11) is 0. The van der Waals surface area contributed by atoms with E-state index in [9.17, 15) is 9.59 Å². The zero-order valence-corrected chi connectivity index (χ0v) is 16.1. The number of carbonyl (C=O) groups is 2. The summed E-state index contributed by atoms with van der Waals surface area (Å²) in [4.78, 5) is 30.3. The number of pyridine rings is 1. The molecule has 0 fully saturated rings. The van der Waals surface area contributed by atoms with Gasteiger partial charge in [-0.05, 0) is 43.9 Å². The smallest absolute Gasteiger partial charge is 0.255 e. The monoisotopic (exact) mass is 373 g/mol. The molecule has 1 aliphatic carbocycles. The van der Waals surface area contributed by atoms with E-state index in [1.807, 2.05) is 50.2 Å². The van der Waals surface area contributed by atoms with Crippen LogP contribution in [0.25, 0.3) is 0 Å². The minimum absolute atomic E-state index is 0.119. The third-order valence-electron chi connectivity index (χ3n) is 5.31.